The summed E-state index contributed by atoms with van der Waals surface area (Å²) < 4.78 is 41.5. The van der Waals surface area contributed by atoms with Gasteiger partial charge in [0.05, 0.1) is 6.54 Å². The fourth-order valence-electron chi connectivity index (χ4n) is 2.16. The van der Waals surface area contributed by atoms with E-state index >= 15 is 0 Å². The average Bonchev–Trinajstić information content (AvgIpc) is 2.76. The van der Waals surface area contributed by atoms with Crippen LogP contribution in [0.4, 0.5) is 13.2 Å². The van der Waals surface area contributed by atoms with Gasteiger partial charge in [0, 0.05) is 22.7 Å². The summed E-state index contributed by atoms with van der Waals surface area (Å²) >= 11 is 0. The van der Waals surface area contributed by atoms with Gasteiger partial charge in [-0.05, 0) is 42.5 Å². The van der Waals surface area contributed by atoms with Crippen molar-refractivity contribution >= 4 is 10.9 Å². The molecule has 4 heteroatoms. The van der Waals surface area contributed by atoms with Crippen molar-refractivity contribution in [3.8, 4) is 0 Å². The molecule has 3 rings (SSSR count). The van der Waals surface area contributed by atoms with Gasteiger partial charge in [0.25, 0.3) is 0 Å². The summed E-state index contributed by atoms with van der Waals surface area (Å²) in [7, 11) is 0. The summed E-state index contributed by atoms with van der Waals surface area (Å²) in [5.74, 6) is -1.24. The number of halogens is 3. The third kappa shape index (κ3) is 2.21. The molecule has 19 heavy (non-hydrogen) atoms. The number of benzene rings is 2. The smallest absolute Gasteiger partial charge is 0.128 e. The summed E-state index contributed by atoms with van der Waals surface area (Å²) in [6.45, 7) is 0.207. The number of nitrogens with zero attached hydrogens (tertiary/aromatic N) is 1. The Balaban J connectivity index is 2.03. The highest BCUT2D eigenvalue weighted by atomic mass is 19.1. The molecule has 0 saturated heterocycles. The zero-order valence-electron chi connectivity index (χ0n) is 9.91. The normalized spacial score (nSPS) is 11.1. The number of hydrogen-bond acceptors (Lipinski definition) is 0. The van der Waals surface area contributed by atoms with Crippen LogP contribution >= 0.6 is 0 Å². The summed E-state index contributed by atoms with van der Waals surface area (Å²) in [6.07, 6.45) is 1.73. The zero-order valence-corrected chi connectivity index (χ0v) is 9.91. The van der Waals surface area contributed by atoms with Gasteiger partial charge in [-0.3, -0.25) is 0 Å². The monoisotopic (exact) mass is 261 g/mol. The van der Waals surface area contributed by atoms with Gasteiger partial charge < -0.3 is 4.57 Å². The first-order valence-corrected chi connectivity index (χ1v) is 5.82. The van der Waals surface area contributed by atoms with Crippen molar-refractivity contribution < 1.29 is 13.2 Å². The fourth-order valence-corrected chi connectivity index (χ4v) is 2.16. The van der Waals surface area contributed by atoms with Gasteiger partial charge >= 0.3 is 0 Å². The second kappa shape index (κ2) is 4.46. The Labute approximate surface area is 107 Å². The van der Waals surface area contributed by atoms with Gasteiger partial charge in [0.15, 0.2) is 0 Å². The lowest BCUT2D eigenvalue weighted by molar-refractivity contribution is 0.579. The molecule has 0 atom stereocenters. The molecule has 0 bridgehead atoms. The van der Waals surface area contributed by atoms with E-state index in [9.17, 15) is 13.2 Å². The van der Waals surface area contributed by atoms with E-state index in [-0.39, 0.29) is 17.9 Å². The lowest BCUT2D eigenvalue weighted by Gasteiger charge is -2.07. The van der Waals surface area contributed by atoms with Gasteiger partial charge in [-0.1, -0.05) is 0 Å². The molecule has 0 aliphatic carbocycles. The van der Waals surface area contributed by atoms with Crippen molar-refractivity contribution in [3.63, 3.8) is 0 Å². The second-order valence-electron chi connectivity index (χ2n) is 4.38. The van der Waals surface area contributed by atoms with Crippen molar-refractivity contribution in [1.29, 1.82) is 0 Å². The summed E-state index contributed by atoms with van der Waals surface area (Å²) in [5, 5.41) is 0.733. The molecule has 2 aromatic carbocycles. The first-order valence-electron chi connectivity index (χ1n) is 5.82. The molecule has 0 N–H and O–H groups in total. The molecule has 1 aromatic heterocycles. The summed E-state index contributed by atoms with van der Waals surface area (Å²) in [5.41, 5.74) is 1.05. The maximum absolute atomic E-state index is 13.6. The standard InChI is InChI=1S/C15H10F3N/c16-12-1-3-14(18)11(8-12)9-19-6-5-10-7-13(17)2-4-15(10)19/h1-8H,9H2. The molecule has 0 radical (unpaired) electrons. The van der Waals surface area contributed by atoms with Crippen LogP contribution in [0.25, 0.3) is 10.9 Å². The fraction of sp³-hybridized carbons (Fsp3) is 0.0667. The van der Waals surface area contributed by atoms with Gasteiger partial charge in [-0.2, -0.15) is 0 Å². The molecule has 1 nitrogen and oxygen atoms in total. The number of fused-ring (bicyclic) bond motifs is 1. The third-order valence-electron chi connectivity index (χ3n) is 3.08. The molecule has 0 aliphatic heterocycles. The van der Waals surface area contributed by atoms with Crippen LogP contribution in [-0.2, 0) is 6.54 Å². The minimum atomic E-state index is -0.473. The van der Waals surface area contributed by atoms with E-state index in [2.05, 4.69) is 0 Å². The maximum atomic E-state index is 13.6. The number of aromatic nitrogens is 1. The Morgan fingerprint density at radius 2 is 1.58 bits per heavy atom. The van der Waals surface area contributed by atoms with Gasteiger partial charge in [-0.15, -0.1) is 0 Å². The van der Waals surface area contributed by atoms with Crippen molar-refractivity contribution in [2.75, 3.05) is 0 Å². The first-order chi connectivity index (χ1) is 9.13. The van der Waals surface area contributed by atoms with E-state index in [1.165, 1.54) is 18.2 Å². The zero-order chi connectivity index (χ0) is 13.4. The van der Waals surface area contributed by atoms with Crippen molar-refractivity contribution in [3.05, 3.63) is 71.7 Å². The van der Waals surface area contributed by atoms with Crippen molar-refractivity contribution in [2.24, 2.45) is 0 Å². The van der Waals surface area contributed by atoms with E-state index in [1.807, 2.05) is 0 Å². The van der Waals surface area contributed by atoms with Crippen LogP contribution < -0.4 is 0 Å². The van der Waals surface area contributed by atoms with E-state index < -0.39 is 11.6 Å². The van der Waals surface area contributed by atoms with Gasteiger partial charge in [0.1, 0.15) is 17.5 Å². The molecule has 0 amide bonds. The Morgan fingerprint density at radius 1 is 0.842 bits per heavy atom. The lowest BCUT2D eigenvalue weighted by Crippen LogP contribution is -2.01. The summed E-state index contributed by atoms with van der Waals surface area (Å²) in [6, 6.07) is 9.49. The molecule has 0 spiro atoms. The molecule has 3 aromatic rings. The second-order valence-corrected chi connectivity index (χ2v) is 4.38. The highest BCUT2D eigenvalue weighted by molar-refractivity contribution is 5.80. The van der Waals surface area contributed by atoms with Crippen LogP contribution in [0.15, 0.2) is 48.7 Å². The molecular formula is C15H10F3N. The first kappa shape index (κ1) is 11.8. The Morgan fingerprint density at radius 3 is 2.42 bits per heavy atom. The molecule has 96 valence electrons. The van der Waals surface area contributed by atoms with Crippen LogP contribution in [-0.4, -0.2) is 4.57 Å². The quantitative estimate of drug-likeness (QED) is 0.654. The van der Waals surface area contributed by atoms with E-state index in [4.69, 9.17) is 0 Å². The largest absolute Gasteiger partial charge is 0.343 e. The number of hydrogen-bond donors (Lipinski definition) is 0. The predicted molar refractivity (Wildman–Crippen MR) is 67.4 cm³/mol. The van der Waals surface area contributed by atoms with Crippen LogP contribution in [0, 0.1) is 17.5 Å². The topological polar surface area (TPSA) is 4.93 Å². The molecular weight excluding hydrogens is 251 g/mol. The minimum absolute atomic E-state index is 0.207. The Kier molecular flexibility index (Phi) is 2.78. The summed E-state index contributed by atoms with van der Waals surface area (Å²) in [4.78, 5) is 0. The number of rotatable bonds is 2. The molecule has 0 aliphatic rings. The van der Waals surface area contributed by atoms with Crippen LogP contribution in [0.3, 0.4) is 0 Å². The predicted octanol–water partition coefficient (Wildman–Crippen LogP) is 4.11. The Bertz CT molecular complexity index is 746. The molecule has 0 fully saturated rings. The highest BCUT2D eigenvalue weighted by Gasteiger charge is 2.07. The van der Waals surface area contributed by atoms with Gasteiger partial charge in [0.2, 0.25) is 0 Å². The molecule has 0 unspecified atom stereocenters. The lowest BCUT2D eigenvalue weighted by atomic mass is 10.2. The van der Waals surface area contributed by atoms with E-state index in [0.29, 0.717) is 0 Å². The highest BCUT2D eigenvalue weighted by Crippen LogP contribution is 2.19. The molecule has 1 heterocycles. The van der Waals surface area contributed by atoms with Gasteiger partial charge in [-0.25, -0.2) is 13.2 Å². The molecule has 0 saturated carbocycles. The minimum Gasteiger partial charge on any atom is -0.343 e. The SMILES string of the molecule is Fc1ccc(F)c(Cn2ccc3cc(F)ccc32)c1. The maximum Gasteiger partial charge on any atom is 0.128 e. The van der Waals surface area contributed by atoms with Crippen LogP contribution in [0.2, 0.25) is 0 Å². The van der Waals surface area contributed by atoms with Crippen LogP contribution in [0.1, 0.15) is 5.56 Å². The van der Waals surface area contributed by atoms with Crippen molar-refractivity contribution in [2.45, 2.75) is 6.54 Å². The van der Waals surface area contributed by atoms with E-state index in [0.717, 1.165) is 23.0 Å². The third-order valence-corrected chi connectivity index (χ3v) is 3.08. The van der Waals surface area contributed by atoms with Crippen molar-refractivity contribution in [1.82, 2.24) is 4.57 Å². The Hall–Kier alpha value is -2.23. The average molecular weight is 261 g/mol. The van der Waals surface area contributed by atoms with E-state index in [1.54, 1.807) is 22.9 Å². The van der Waals surface area contributed by atoms with Crippen LogP contribution in [0.5, 0.6) is 0 Å².